The van der Waals surface area contributed by atoms with Crippen molar-refractivity contribution in [3.05, 3.63) is 41.3 Å². The van der Waals surface area contributed by atoms with Crippen LogP contribution in [-0.4, -0.2) is 39.2 Å². The van der Waals surface area contributed by atoms with Gasteiger partial charge in [-0.25, -0.2) is 9.67 Å². The topological polar surface area (TPSA) is 88.9 Å². The molecule has 0 saturated carbocycles. The summed E-state index contributed by atoms with van der Waals surface area (Å²) in [5.41, 5.74) is -0.0978. The highest BCUT2D eigenvalue weighted by Gasteiger charge is 2.31. The number of alkyl halides is 3. The number of pyridine rings is 1. The number of carbonyl (C=O) groups excluding carboxylic acids is 2. The van der Waals surface area contributed by atoms with Crippen LogP contribution in [0.5, 0.6) is 0 Å². The first-order chi connectivity index (χ1) is 13.7. The Hall–Kier alpha value is -2.91. The number of nitrogens with one attached hydrogen (secondary N) is 2. The van der Waals surface area contributed by atoms with E-state index in [1.54, 1.807) is 0 Å². The van der Waals surface area contributed by atoms with E-state index in [1.165, 1.54) is 16.9 Å². The van der Waals surface area contributed by atoms with E-state index in [0.717, 1.165) is 25.1 Å². The Balaban J connectivity index is 1.88. The number of aromatic nitrogens is 3. The zero-order chi connectivity index (χ0) is 21.2. The van der Waals surface area contributed by atoms with Crippen molar-refractivity contribution < 1.29 is 22.8 Å². The monoisotopic (exact) mass is 409 g/mol. The average Bonchev–Trinajstić information content (AvgIpc) is 3.02. The van der Waals surface area contributed by atoms with Crippen LogP contribution in [0.4, 0.5) is 13.2 Å². The molecule has 1 unspecified atom stereocenters. The second-order valence-electron chi connectivity index (χ2n) is 7.23. The van der Waals surface area contributed by atoms with Crippen molar-refractivity contribution in [2.75, 3.05) is 6.54 Å². The number of halogens is 3. The van der Waals surface area contributed by atoms with Crippen LogP contribution in [0.2, 0.25) is 0 Å². The van der Waals surface area contributed by atoms with Gasteiger partial charge in [-0.3, -0.25) is 9.59 Å². The van der Waals surface area contributed by atoms with E-state index in [9.17, 15) is 22.8 Å². The molecule has 1 aliphatic heterocycles. The molecule has 2 aromatic rings. The molecule has 2 N–H and O–H groups in total. The summed E-state index contributed by atoms with van der Waals surface area (Å²) in [5, 5.41) is 9.66. The highest BCUT2D eigenvalue weighted by molar-refractivity contribution is 5.98. The number of rotatable bonds is 4. The Morgan fingerprint density at radius 2 is 2.03 bits per heavy atom. The fraction of sp³-hybridized carbons (Fsp3) is 0.474. The molecule has 1 saturated heterocycles. The summed E-state index contributed by atoms with van der Waals surface area (Å²) in [7, 11) is 0. The molecule has 2 aromatic heterocycles. The molecule has 1 aliphatic rings. The lowest BCUT2D eigenvalue weighted by atomic mass is 10.0. The van der Waals surface area contributed by atoms with Gasteiger partial charge in [-0.2, -0.15) is 18.3 Å². The summed E-state index contributed by atoms with van der Waals surface area (Å²) in [6, 6.07) is 1.50. The molecular formula is C19H22F3N5O2. The quantitative estimate of drug-likeness (QED) is 0.813. The van der Waals surface area contributed by atoms with Gasteiger partial charge >= 0.3 is 6.18 Å². The van der Waals surface area contributed by atoms with Crippen LogP contribution in [-0.2, 0) is 11.0 Å². The van der Waals surface area contributed by atoms with Crippen LogP contribution in [0, 0.1) is 0 Å². The summed E-state index contributed by atoms with van der Waals surface area (Å²) >= 11 is 0. The van der Waals surface area contributed by atoms with Gasteiger partial charge in [0.25, 0.3) is 5.91 Å². The van der Waals surface area contributed by atoms with Crippen LogP contribution < -0.4 is 10.6 Å². The molecule has 7 nitrogen and oxygen atoms in total. The summed E-state index contributed by atoms with van der Waals surface area (Å²) in [6.45, 7) is 4.26. The van der Waals surface area contributed by atoms with Crippen LogP contribution in [0.3, 0.4) is 0 Å². The molecule has 1 atom stereocenters. The average molecular weight is 409 g/mol. The molecular weight excluding hydrogens is 387 g/mol. The first-order valence-electron chi connectivity index (χ1n) is 9.38. The Morgan fingerprint density at radius 1 is 1.28 bits per heavy atom. The summed E-state index contributed by atoms with van der Waals surface area (Å²) in [6.07, 6.45) is -0.193. The van der Waals surface area contributed by atoms with E-state index in [4.69, 9.17) is 0 Å². The molecule has 156 valence electrons. The summed E-state index contributed by atoms with van der Waals surface area (Å²) in [4.78, 5) is 28.8. The number of amides is 2. The van der Waals surface area contributed by atoms with E-state index < -0.39 is 23.7 Å². The Kier molecular flexibility index (Phi) is 5.90. The second kappa shape index (κ2) is 8.22. The normalized spacial score (nSPS) is 17.7. The maximum atomic E-state index is 12.8. The van der Waals surface area contributed by atoms with Gasteiger partial charge in [0.05, 0.1) is 23.0 Å². The van der Waals surface area contributed by atoms with Crippen molar-refractivity contribution in [2.24, 2.45) is 0 Å². The predicted octanol–water partition coefficient (Wildman–Crippen LogP) is 2.81. The van der Waals surface area contributed by atoms with E-state index in [0.29, 0.717) is 18.7 Å². The summed E-state index contributed by atoms with van der Waals surface area (Å²) in [5.74, 6) is -0.661. The van der Waals surface area contributed by atoms with Crippen LogP contribution in [0.25, 0.3) is 5.82 Å². The van der Waals surface area contributed by atoms with Gasteiger partial charge in [-0.1, -0.05) is 13.8 Å². The molecule has 29 heavy (non-hydrogen) atoms. The zero-order valence-corrected chi connectivity index (χ0v) is 16.1. The minimum atomic E-state index is -4.49. The molecule has 0 bridgehead atoms. The lowest BCUT2D eigenvalue weighted by molar-refractivity contribution is -0.137. The highest BCUT2D eigenvalue weighted by atomic mass is 19.4. The van der Waals surface area contributed by atoms with Gasteiger partial charge in [0.1, 0.15) is 6.04 Å². The van der Waals surface area contributed by atoms with Gasteiger partial charge < -0.3 is 10.6 Å². The van der Waals surface area contributed by atoms with Crippen molar-refractivity contribution in [3.8, 4) is 5.82 Å². The zero-order valence-electron chi connectivity index (χ0n) is 16.1. The lowest BCUT2D eigenvalue weighted by Crippen LogP contribution is -2.45. The Labute approximate surface area is 165 Å². The standard InChI is InChI=1S/C19H22F3N5O2/c1-11(2)16-13(17(28)26-14-5-3-4-8-23-18(14)29)10-25-27(16)15-7-6-12(9-24-15)19(20,21)22/h6-7,9-11,14H,3-5,8H2,1-2H3,(H,23,29)(H,26,28). The fourth-order valence-corrected chi connectivity index (χ4v) is 3.26. The van der Waals surface area contributed by atoms with Gasteiger partial charge in [0.15, 0.2) is 5.82 Å². The van der Waals surface area contributed by atoms with Gasteiger partial charge in [-0.15, -0.1) is 0 Å². The molecule has 10 heteroatoms. The molecule has 0 aromatic carbocycles. The highest BCUT2D eigenvalue weighted by Crippen LogP contribution is 2.29. The number of hydrogen-bond acceptors (Lipinski definition) is 4. The van der Waals surface area contributed by atoms with Gasteiger partial charge in [0.2, 0.25) is 5.91 Å². The first-order valence-corrected chi connectivity index (χ1v) is 9.38. The summed E-state index contributed by atoms with van der Waals surface area (Å²) < 4.78 is 39.7. The van der Waals surface area contributed by atoms with Crippen LogP contribution >= 0.6 is 0 Å². The SMILES string of the molecule is CC(C)c1c(C(=O)NC2CCCCNC2=O)cnn1-c1ccc(C(F)(F)F)cn1. The fourth-order valence-electron chi connectivity index (χ4n) is 3.26. The van der Waals surface area contributed by atoms with E-state index in [2.05, 4.69) is 20.7 Å². The number of hydrogen-bond donors (Lipinski definition) is 2. The smallest absolute Gasteiger partial charge is 0.354 e. The van der Waals surface area contributed by atoms with E-state index in [1.807, 2.05) is 13.8 Å². The molecule has 3 heterocycles. The lowest BCUT2D eigenvalue weighted by Gasteiger charge is -2.17. The third-order valence-electron chi connectivity index (χ3n) is 4.73. The first kappa shape index (κ1) is 20.8. The van der Waals surface area contributed by atoms with Crippen LogP contribution in [0.15, 0.2) is 24.5 Å². The molecule has 1 fully saturated rings. The Morgan fingerprint density at radius 3 is 2.66 bits per heavy atom. The number of nitrogens with zero attached hydrogens (tertiary/aromatic N) is 3. The van der Waals surface area contributed by atoms with Crippen molar-refractivity contribution in [2.45, 2.75) is 51.2 Å². The minimum Gasteiger partial charge on any atom is -0.354 e. The molecule has 3 rings (SSSR count). The molecule has 0 radical (unpaired) electrons. The largest absolute Gasteiger partial charge is 0.417 e. The Bertz CT molecular complexity index is 890. The van der Waals surface area contributed by atoms with E-state index in [-0.39, 0.29) is 23.2 Å². The van der Waals surface area contributed by atoms with Crippen molar-refractivity contribution in [1.82, 2.24) is 25.4 Å². The maximum absolute atomic E-state index is 12.8. The third-order valence-corrected chi connectivity index (χ3v) is 4.73. The second-order valence-corrected chi connectivity index (χ2v) is 7.23. The van der Waals surface area contributed by atoms with E-state index >= 15 is 0 Å². The van der Waals surface area contributed by atoms with Gasteiger partial charge in [0, 0.05) is 12.7 Å². The van der Waals surface area contributed by atoms with Crippen LogP contribution in [0.1, 0.15) is 60.6 Å². The minimum absolute atomic E-state index is 0.162. The van der Waals surface area contributed by atoms with Crippen molar-refractivity contribution >= 4 is 11.8 Å². The molecule has 0 spiro atoms. The molecule has 2 amide bonds. The predicted molar refractivity (Wildman–Crippen MR) is 98.6 cm³/mol. The van der Waals surface area contributed by atoms with Crippen molar-refractivity contribution in [1.29, 1.82) is 0 Å². The van der Waals surface area contributed by atoms with Crippen molar-refractivity contribution in [3.63, 3.8) is 0 Å². The molecule has 0 aliphatic carbocycles. The third kappa shape index (κ3) is 4.57. The number of carbonyl (C=O) groups is 2. The van der Waals surface area contributed by atoms with Gasteiger partial charge in [-0.05, 0) is 37.3 Å². The maximum Gasteiger partial charge on any atom is 0.417 e.